The van der Waals surface area contributed by atoms with Gasteiger partial charge in [0.05, 0.1) is 11.4 Å². The van der Waals surface area contributed by atoms with Gasteiger partial charge in [-0.2, -0.15) is 0 Å². The molecule has 2 nitrogen and oxygen atoms in total. The molecule has 1 aromatic heterocycles. The molecule has 0 saturated heterocycles. The van der Waals surface area contributed by atoms with Crippen LogP contribution in [0.2, 0.25) is 0 Å². The second kappa shape index (κ2) is 6.28. The molecule has 0 saturated carbocycles. The van der Waals surface area contributed by atoms with E-state index in [1.165, 1.54) is 83.8 Å². The normalized spacial score (nSPS) is 14.9. The molecule has 4 aliphatic rings. The Morgan fingerprint density at radius 1 is 0.486 bits per heavy atom. The lowest BCUT2D eigenvalue weighted by molar-refractivity contribution is 0.986. The van der Waals surface area contributed by atoms with Crippen molar-refractivity contribution < 1.29 is 0 Å². The Labute approximate surface area is 204 Å². The molecule has 2 aliphatic heterocycles. The SMILES string of the molecule is c1ccc2c(c1)Cc1ccc3c(c1-2)Cc1ccc2c(c1-3)Cc1cncc3c1N2c1ccccc1C3. The highest BCUT2D eigenvalue weighted by molar-refractivity contribution is 5.97. The maximum absolute atomic E-state index is 4.67. The van der Waals surface area contributed by atoms with E-state index < -0.39 is 0 Å². The minimum absolute atomic E-state index is 0.945. The fourth-order valence-corrected chi connectivity index (χ4v) is 7.20. The van der Waals surface area contributed by atoms with E-state index in [1.807, 2.05) is 0 Å². The summed E-state index contributed by atoms with van der Waals surface area (Å²) < 4.78 is 0. The van der Waals surface area contributed by atoms with Crippen LogP contribution in [0.25, 0.3) is 22.3 Å². The second-order valence-electron chi connectivity index (χ2n) is 10.4. The molecule has 0 amide bonds. The smallest absolute Gasteiger partial charge is 0.0563 e. The van der Waals surface area contributed by atoms with Crippen LogP contribution in [0.5, 0.6) is 0 Å². The Hall–Kier alpha value is -4.17. The van der Waals surface area contributed by atoms with Gasteiger partial charge in [-0.3, -0.25) is 4.98 Å². The van der Waals surface area contributed by atoms with Gasteiger partial charge in [0.15, 0.2) is 0 Å². The molecule has 2 aliphatic carbocycles. The topological polar surface area (TPSA) is 16.1 Å². The van der Waals surface area contributed by atoms with Gasteiger partial charge in [-0.05, 0) is 91.7 Å². The van der Waals surface area contributed by atoms with E-state index >= 15 is 0 Å². The number of hydrogen-bond acceptors (Lipinski definition) is 2. The first-order valence-electron chi connectivity index (χ1n) is 12.6. The van der Waals surface area contributed by atoms with Crippen LogP contribution in [0.3, 0.4) is 0 Å². The molecule has 4 aromatic carbocycles. The number of aromatic nitrogens is 1. The third-order valence-corrected chi connectivity index (χ3v) is 8.59. The highest BCUT2D eigenvalue weighted by Gasteiger charge is 2.36. The van der Waals surface area contributed by atoms with Crippen molar-refractivity contribution >= 4 is 17.1 Å². The molecule has 0 unspecified atom stereocenters. The van der Waals surface area contributed by atoms with E-state index in [0.717, 1.165) is 25.7 Å². The quantitative estimate of drug-likeness (QED) is 0.240. The summed E-state index contributed by atoms with van der Waals surface area (Å²) in [5.41, 5.74) is 21.3. The first-order valence-corrected chi connectivity index (χ1v) is 12.6. The van der Waals surface area contributed by atoms with Crippen LogP contribution < -0.4 is 4.90 Å². The van der Waals surface area contributed by atoms with E-state index in [0.29, 0.717) is 0 Å². The van der Waals surface area contributed by atoms with Crippen molar-refractivity contribution in [1.29, 1.82) is 0 Å². The Bertz CT molecular complexity index is 1760. The molecular weight excluding hydrogens is 424 g/mol. The van der Waals surface area contributed by atoms with Crippen LogP contribution in [0.15, 0.2) is 85.2 Å². The van der Waals surface area contributed by atoms with Crippen LogP contribution in [0, 0.1) is 0 Å². The zero-order chi connectivity index (χ0) is 22.7. The van der Waals surface area contributed by atoms with Gasteiger partial charge in [0.1, 0.15) is 0 Å². The Morgan fingerprint density at radius 3 is 2.11 bits per heavy atom. The summed E-state index contributed by atoms with van der Waals surface area (Å²) in [6.45, 7) is 0. The molecule has 9 rings (SSSR count). The van der Waals surface area contributed by atoms with E-state index in [-0.39, 0.29) is 0 Å². The van der Waals surface area contributed by atoms with Gasteiger partial charge in [0.2, 0.25) is 0 Å². The number of anilines is 3. The van der Waals surface area contributed by atoms with E-state index in [4.69, 9.17) is 0 Å². The molecular formula is C33H22N2. The van der Waals surface area contributed by atoms with Gasteiger partial charge in [-0.25, -0.2) is 0 Å². The number of fused-ring (bicyclic) bond motifs is 12. The molecule has 5 aromatic rings. The molecule has 0 atom stereocenters. The van der Waals surface area contributed by atoms with Gasteiger partial charge < -0.3 is 4.90 Å². The molecule has 164 valence electrons. The number of rotatable bonds is 0. The van der Waals surface area contributed by atoms with Gasteiger partial charge in [0.25, 0.3) is 0 Å². The zero-order valence-corrected chi connectivity index (χ0v) is 19.3. The molecule has 2 heteroatoms. The number of benzene rings is 4. The van der Waals surface area contributed by atoms with Crippen LogP contribution >= 0.6 is 0 Å². The summed E-state index contributed by atoms with van der Waals surface area (Å²) >= 11 is 0. The Kier molecular flexibility index (Phi) is 3.27. The average molecular weight is 447 g/mol. The van der Waals surface area contributed by atoms with Crippen molar-refractivity contribution in [2.75, 3.05) is 4.90 Å². The van der Waals surface area contributed by atoms with E-state index in [2.05, 4.69) is 95.1 Å². The molecule has 0 radical (unpaired) electrons. The van der Waals surface area contributed by atoms with Crippen LogP contribution in [-0.4, -0.2) is 4.98 Å². The summed E-state index contributed by atoms with van der Waals surface area (Å²) in [6, 6.07) is 27.4. The first-order chi connectivity index (χ1) is 17.3. The monoisotopic (exact) mass is 446 g/mol. The summed E-state index contributed by atoms with van der Waals surface area (Å²) in [5, 5.41) is 0. The van der Waals surface area contributed by atoms with Crippen molar-refractivity contribution in [2.45, 2.75) is 25.7 Å². The Balaban J connectivity index is 1.31. The first kappa shape index (κ1) is 18.2. The fourth-order valence-electron chi connectivity index (χ4n) is 7.20. The van der Waals surface area contributed by atoms with E-state index in [1.54, 1.807) is 0 Å². The second-order valence-corrected chi connectivity index (χ2v) is 10.4. The molecule has 0 bridgehead atoms. The number of nitrogens with zero attached hydrogens (tertiary/aromatic N) is 2. The lowest BCUT2D eigenvalue weighted by Crippen LogP contribution is -2.25. The maximum Gasteiger partial charge on any atom is 0.0563 e. The predicted molar refractivity (Wildman–Crippen MR) is 141 cm³/mol. The standard InChI is InChI=1S/C33H22N2/c1-3-7-25-19(5-1)13-21-9-11-26-27(31(21)25)15-22-10-12-30-28(32(22)26)16-24-18-34-17-23-14-20-6-2-4-8-29(20)35(30)33(23)24/h1-12,17-18H,13-16H2. The number of pyridine rings is 1. The summed E-state index contributed by atoms with van der Waals surface area (Å²) in [4.78, 5) is 7.19. The van der Waals surface area contributed by atoms with Crippen molar-refractivity contribution in [3.8, 4) is 22.3 Å². The fraction of sp³-hybridized carbons (Fsp3) is 0.121. The number of para-hydroxylation sites is 1. The van der Waals surface area contributed by atoms with Crippen LogP contribution in [0.4, 0.5) is 17.1 Å². The summed E-state index contributed by atoms with van der Waals surface area (Å²) in [7, 11) is 0. The summed E-state index contributed by atoms with van der Waals surface area (Å²) in [6.07, 6.45) is 8.14. The summed E-state index contributed by atoms with van der Waals surface area (Å²) in [5.74, 6) is 0. The van der Waals surface area contributed by atoms with Crippen LogP contribution in [-0.2, 0) is 25.7 Å². The van der Waals surface area contributed by atoms with Gasteiger partial charge in [0, 0.05) is 30.9 Å². The van der Waals surface area contributed by atoms with Crippen molar-refractivity contribution in [2.24, 2.45) is 0 Å². The molecule has 0 spiro atoms. The average Bonchev–Trinajstić information content (AvgIpc) is 3.47. The zero-order valence-electron chi connectivity index (χ0n) is 19.3. The highest BCUT2D eigenvalue weighted by atomic mass is 15.2. The van der Waals surface area contributed by atoms with Crippen molar-refractivity contribution in [1.82, 2.24) is 4.98 Å². The number of hydrogen-bond donors (Lipinski definition) is 0. The lowest BCUT2D eigenvalue weighted by Gasteiger charge is -2.39. The van der Waals surface area contributed by atoms with Crippen LogP contribution in [0.1, 0.15) is 44.5 Å². The van der Waals surface area contributed by atoms with Gasteiger partial charge in [-0.15, -0.1) is 0 Å². The maximum atomic E-state index is 4.67. The van der Waals surface area contributed by atoms with Gasteiger partial charge in [-0.1, -0.05) is 60.7 Å². The molecule has 0 N–H and O–H groups in total. The third kappa shape index (κ3) is 2.23. The predicted octanol–water partition coefficient (Wildman–Crippen LogP) is 7.50. The van der Waals surface area contributed by atoms with Crippen molar-refractivity contribution in [3.63, 3.8) is 0 Å². The Morgan fingerprint density at radius 2 is 1.17 bits per heavy atom. The minimum Gasteiger partial charge on any atom is -0.309 e. The lowest BCUT2D eigenvalue weighted by atomic mass is 9.84. The van der Waals surface area contributed by atoms with Gasteiger partial charge >= 0.3 is 0 Å². The molecule has 0 fully saturated rings. The highest BCUT2D eigenvalue weighted by Crippen LogP contribution is 2.55. The minimum atomic E-state index is 0.945. The molecule has 3 heterocycles. The largest absolute Gasteiger partial charge is 0.309 e. The van der Waals surface area contributed by atoms with Crippen molar-refractivity contribution in [3.05, 3.63) is 130 Å². The molecule has 35 heavy (non-hydrogen) atoms. The van der Waals surface area contributed by atoms with E-state index in [9.17, 15) is 0 Å². The third-order valence-electron chi connectivity index (χ3n) is 8.59.